The van der Waals surface area contributed by atoms with Gasteiger partial charge in [0.2, 0.25) is 0 Å². The smallest absolute Gasteiger partial charge is 0.333 e. The molecule has 3 atom stereocenters. The quantitative estimate of drug-likeness (QED) is 0.248. The summed E-state index contributed by atoms with van der Waals surface area (Å²) >= 11 is 0. The molecule has 0 aromatic heterocycles. The van der Waals surface area contributed by atoms with E-state index in [1.54, 1.807) is 13.0 Å². The van der Waals surface area contributed by atoms with Gasteiger partial charge in [0.1, 0.15) is 0 Å². The molecule has 1 aromatic rings. The van der Waals surface area contributed by atoms with Gasteiger partial charge in [-0.3, -0.25) is 14.9 Å². The van der Waals surface area contributed by atoms with Crippen molar-refractivity contribution in [3.05, 3.63) is 74.5 Å². The number of ether oxygens (including phenoxy) is 1. The van der Waals surface area contributed by atoms with Crippen LogP contribution in [0.15, 0.2) is 58.8 Å². The van der Waals surface area contributed by atoms with Crippen molar-refractivity contribution < 1.29 is 24.4 Å². The number of non-ortho nitro benzene ring substituents is 1. The van der Waals surface area contributed by atoms with Crippen LogP contribution < -0.4 is 5.32 Å². The number of allylic oxidation sites excluding steroid dienone is 5. The van der Waals surface area contributed by atoms with Crippen LogP contribution in [0.1, 0.15) is 78.2 Å². The molecular weight excluding hydrogens is 472 g/mol. The zero-order valence-corrected chi connectivity index (χ0v) is 22.6. The zero-order chi connectivity index (χ0) is 27.5. The highest BCUT2D eigenvalue weighted by Crippen LogP contribution is 2.46. The Morgan fingerprint density at radius 2 is 1.97 bits per heavy atom. The van der Waals surface area contributed by atoms with Crippen molar-refractivity contribution in [3.8, 4) is 0 Å². The topological polar surface area (TPSA) is 119 Å². The van der Waals surface area contributed by atoms with E-state index in [4.69, 9.17) is 4.74 Å². The second-order valence-corrected chi connectivity index (χ2v) is 11.1. The third kappa shape index (κ3) is 5.78. The van der Waals surface area contributed by atoms with Gasteiger partial charge < -0.3 is 15.2 Å². The molecule has 0 bridgehead atoms. The Bertz CT molecular complexity index is 1180. The van der Waals surface area contributed by atoms with Crippen molar-refractivity contribution in [1.82, 2.24) is 5.32 Å². The van der Waals surface area contributed by atoms with Crippen molar-refractivity contribution in [2.24, 2.45) is 11.3 Å². The van der Waals surface area contributed by atoms with Crippen LogP contribution in [0, 0.1) is 21.4 Å². The Morgan fingerprint density at radius 1 is 1.27 bits per heavy atom. The second kappa shape index (κ2) is 10.9. The van der Waals surface area contributed by atoms with E-state index in [0.29, 0.717) is 24.1 Å². The first-order valence-electron chi connectivity index (χ1n) is 12.7. The number of nitrogens with one attached hydrogen (secondary N) is 1. The largest absolute Gasteiger partial charge is 0.478 e. The second-order valence-electron chi connectivity index (χ2n) is 11.1. The molecule has 1 aliphatic carbocycles. The molecule has 0 radical (unpaired) electrons. The van der Waals surface area contributed by atoms with Gasteiger partial charge in [0.25, 0.3) is 5.69 Å². The number of rotatable bonds is 8. The normalized spacial score (nSPS) is 25.7. The summed E-state index contributed by atoms with van der Waals surface area (Å²) in [5.41, 5.74) is 2.70. The lowest BCUT2D eigenvalue weighted by Crippen LogP contribution is -2.57. The summed E-state index contributed by atoms with van der Waals surface area (Å²) in [5.74, 6) is -3.56. The molecule has 1 heterocycles. The molecule has 8 heteroatoms. The summed E-state index contributed by atoms with van der Waals surface area (Å²) in [6.07, 6.45) is 8.93. The summed E-state index contributed by atoms with van der Waals surface area (Å²) in [6, 6.07) is 5.85. The van der Waals surface area contributed by atoms with Crippen LogP contribution in [0.5, 0.6) is 0 Å². The van der Waals surface area contributed by atoms with E-state index in [1.807, 2.05) is 6.92 Å². The lowest BCUT2D eigenvalue weighted by atomic mass is 9.66. The minimum Gasteiger partial charge on any atom is -0.478 e. The number of carbonyl (C=O) groups excluding carboxylic acids is 1. The fraction of sp³-hybridized carbons (Fsp3) is 0.517. The van der Waals surface area contributed by atoms with Crippen molar-refractivity contribution in [3.63, 3.8) is 0 Å². The Hall–Kier alpha value is -3.42. The molecule has 3 rings (SSSR count). The molecular formula is C29H38N2O6. The molecule has 0 saturated carbocycles. The highest BCUT2D eigenvalue weighted by molar-refractivity contribution is 5.92. The van der Waals surface area contributed by atoms with Crippen LogP contribution in [0.4, 0.5) is 5.69 Å². The summed E-state index contributed by atoms with van der Waals surface area (Å²) in [5, 5.41) is 24.9. The molecule has 1 aliphatic heterocycles. The molecule has 1 aromatic carbocycles. The number of carboxylic acids is 1. The Kier molecular flexibility index (Phi) is 8.30. The molecule has 8 nitrogen and oxygen atoms in total. The van der Waals surface area contributed by atoms with Gasteiger partial charge in [-0.25, -0.2) is 4.79 Å². The molecule has 2 N–H and O–H groups in total. The number of nitro groups is 1. The fourth-order valence-electron chi connectivity index (χ4n) is 6.16. The van der Waals surface area contributed by atoms with Crippen molar-refractivity contribution in [2.45, 2.75) is 78.2 Å². The van der Waals surface area contributed by atoms with Crippen molar-refractivity contribution >= 4 is 17.6 Å². The Labute approximate surface area is 218 Å². The van der Waals surface area contributed by atoms with E-state index >= 15 is 0 Å². The van der Waals surface area contributed by atoms with Crippen LogP contribution in [0.3, 0.4) is 0 Å². The van der Waals surface area contributed by atoms with Gasteiger partial charge in [0, 0.05) is 29.3 Å². The summed E-state index contributed by atoms with van der Waals surface area (Å²) < 4.78 is 5.17. The predicted octanol–water partition coefficient (Wildman–Crippen LogP) is 6.05. The number of carbonyl (C=O) groups is 2. The first-order valence-corrected chi connectivity index (χ1v) is 12.7. The maximum Gasteiger partial charge on any atom is 0.333 e. The molecule has 37 heavy (non-hydrogen) atoms. The van der Waals surface area contributed by atoms with E-state index in [2.05, 4.69) is 38.2 Å². The predicted molar refractivity (Wildman–Crippen MR) is 142 cm³/mol. The lowest BCUT2D eigenvalue weighted by molar-refractivity contribution is -0.384. The molecule has 200 valence electrons. The lowest BCUT2D eigenvalue weighted by Gasteiger charge is -2.46. The van der Waals surface area contributed by atoms with Crippen molar-refractivity contribution in [2.75, 3.05) is 7.11 Å². The standard InChI is InChI=1S/C29H38N2O6/c1-18-11-10-15-28(3,4)22(18)14-7-8-16-29(5)25(27(34)37-6)24(23(26(32)33)19(2)30-29)20-12-9-13-21(17-20)31(35)36/h7,9,12-14,17,24-25,30H,8,10-11,15-16H2,1-6H3,(H,32,33). The van der Waals surface area contributed by atoms with Gasteiger partial charge in [-0.05, 0) is 69.4 Å². The Balaban J connectivity index is 2.02. The van der Waals surface area contributed by atoms with Gasteiger partial charge in [-0.15, -0.1) is 0 Å². The first kappa shape index (κ1) is 28.2. The number of hydrogen-bond donors (Lipinski definition) is 2. The van der Waals surface area contributed by atoms with Crippen LogP contribution in [0.25, 0.3) is 0 Å². The molecule has 0 amide bonds. The van der Waals surface area contributed by atoms with Crippen LogP contribution >= 0.6 is 0 Å². The molecule has 3 unspecified atom stereocenters. The number of nitrogens with zero attached hydrogens (tertiary/aromatic N) is 1. The van der Waals surface area contributed by atoms with Crippen LogP contribution in [-0.4, -0.2) is 34.6 Å². The zero-order valence-electron chi connectivity index (χ0n) is 22.6. The Morgan fingerprint density at radius 3 is 2.57 bits per heavy atom. The summed E-state index contributed by atoms with van der Waals surface area (Å²) in [6.45, 7) is 10.3. The average molecular weight is 511 g/mol. The van der Waals surface area contributed by atoms with Gasteiger partial charge in [0.15, 0.2) is 0 Å². The monoisotopic (exact) mass is 510 g/mol. The van der Waals surface area contributed by atoms with Crippen LogP contribution in [-0.2, 0) is 14.3 Å². The van der Waals surface area contributed by atoms with Crippen molar-refractivity contribution in [1.29, 1.82) is 0 Å². The molecule has 0 fully saturated rings. The average Bonchev–Trinajstić information content (AvgIpc) is 2.81. The van der Waals surface area contributed by atoms with Gasteiger partial charge in [0.05, 0.1) is 23.5 Å². The number of nitro benzene ring substituents is 1. The molecule has 0 saturated heterocycles. The van der Waals surface area contributed by atoms with Gasteiger partial charge in [-0.1, -0.05) is 43.7 Å². The number of aliphatic carboxylic acids is 1. The number of carboxylic acid groups (broad SMARTS) is 1. The number of esters is 1. The van der Waals surface area contributed by atoms with E-state index < -0.39 is 34.2 Å². The summed E-state index contributed by atoms with van der Waals surface area (Å²) in [4.78, 5) is 36.5. The minimum absolute atomic E-state index is 0.00801. The number of benzene rings is 1. The number of hydrogen-bond acceptors (Lipinski definition) is 6. The third-order valence-electron chi connectivity index (χ3n) is 7.99. The maximum atomic E-state index is 13.2. The third-order valence-corrected chi connectivity index (χ3v) is 7.99. The van der Waals surface area contributed by atoms with Crippen LogP contribution in [0.2, 0.25) is 0 Å². The molecule has 0 spiro atoms. The van der Waals surface area contributed by atoms with E-state index in [9.17, 15) is 24.8 Å². The SMILES string of the molecule is COC(=O)C1C(c2cccc([N+](=O)[O-])c2)C(C(=O)O)=C(C)NC1(C)CCC=CC1=C(C)CCCC1(C)C. The van der Waals surface area contributed by atoms with E-state index in [1.165, 1.54) is 42.9 Å². The van der Waals surface area contributed by atoms with Gasteiger partial charge >= 0.3 is 11.9 Å². The fourth-order valence-corrected chi connectivity index (χ4v) is 6.16. The molecule has 2 aliphatic rings. The van der Waals surface area contributed by atoms with E-state index in [0.717, 1.165) is 12.8 Å². The van der Waals surface area contributed by atoms with E-state index in [-0.39, 0.29) is 16.7 Å². The highest BCUT2D eigenvalue weighted by atomic mass is 16.6. The number of methoxy groups -OCH3 is 1. The highest BCUT2D eigenvalue weighted by Gasteiger charge is 2.51. The minimum atomic E-state index is -1.18. The first-order chi connectivity index (χ1) is 17.3. The van der Waals surface area contributed by atoms with Gasteiger partial charge in [-0.2, -0.15) is 0 Å². The summed E-state index contributed by atoms with van der Waals surface area (Å²) in [7, 11) is 1.28. The maximum absolute atomic E-state index is 13.2.